The van der Waals surface area contributed by atoms with Crippen molar-refractivity contribution < 1.29 is 0 Å². The molecule has 2 heterocycles. The van der Waals surface area contributed by atoms with Gasteiger partial charge in [0.1, 0.15) is 0 Å². The van der Waals surface area contributed by atoms with E-state index < -0.39 is 0 Å². The van der Waals surface area contributed by atoms with E-state index >= 15 is 0 Å². The zero-order chi connectivity index (χ0) is 31.2. The van der Waals surface area contributed by atoms with Gasteiger partial charge in [-0.3, -0.25) is 4.57 Å². The Kier molecular flexibility index (Phi) is 6.43. The number of fused-ring (bicyclic) bond motifs is 5. The van der Waals surface area contributed by atoms with Crippen LogP contribution >= 0.6 is 0 Å². The van der Waals surface area contributed by atoms with E-state index in [1.165, 1.54) is 32.8 Å². The third kappa shape index (κ3) is 4.66. The molecule has 0 N–H and O–H groups in total. The van der Waals surface area contributed by atoms with Gasteiger partial charge in [0.25, 0.3) is 0 Å². The molecule has 0 atom stereocenters. The molecular weight excluding hydrogens is 573 g/mol. The van der Waals surface area contributed by atoms with Crippen LogP contribution in [0.5, 0.6) is 0 Å². The van der Waals surface area contributed by atoms with E-state index in [0.717, 1.165) is 33.1 Å². The quantitative estimate of drug-likeness (QED) is 0.197. The van der Waals surface area contributed by atoms with E-state index in [2.05, 4.69) is 114 Å². The molecule has 4 heteroatoms. The smallest absolute Gasteiger partial charge is 0.238 e. The average Bonchev–Trinajstić information content (AvgIpc) is 3.49. The van der Waals surface area contributed by atoms with Crippen LogP contribution in [0, 0.1) is 0 Å². The predicted molar refractivity (Wildman–Crippen MR) is 193 cm³/mol. The second kappa shape index (κ2) is 11.2. The van der Waals surface area contributed by atoms with E-state index in [1.807, 2.05) is 60.7 Å². The molecular formula is C43H28N4. The Balaban J connectivity index is 1.43. The van der Waals surface area contributed by atoms with Crippen LogP contribution in [0.25, 0.3) is 83.6 Å². The summed E-state index contributed by atoms with van der Waals surface area (Å²) in [5, 5.41) is 4.73. The van der Waals surface area contributed by atoms with Crippen LogP contribution in [0.4, 0.5) is 0 Å². The van der Waals surface area contributed by atoms with Gasteiger partial charge in [-0.15, -0.1) is 0 Å². The minimum absolute atomic E-state index is 0.583. The lowest BCUT2D eigenvalue weighted by Gasteiger charge is -2.13. The predicted octanol–water partition coefficient (Wildman–Crippen LogP) is 10.8. The van der Waals surface area contributed by atoms with Gasteiger partial charge in [-0.05, 0) is 51.2 Å². The second-order valence-electron chi connectivity index (χ2n) is 11.7. The fourth-order valence-corrected chi connectivity index (χ4v) is 6.66. The molecule has 0 aliphatic rings. The van der Waals surface area contributed by atoms with Gasteiger partial charge in [-0.2, -0.15) is 9.97 Å². The minimum Gasteiger partial charge on any atom is -0.278 e. The molecule has 2 aromatic heterocycles. The van der Waals surface area contributed by atoms with Crippen LogP contribution < -0.4 is 0 Å². The van der Waals surface area contributed by atoms with E-state index in [1.54, 1.807) is 0 Å². The first-order valence-electron chi connectivity index (χ1n) is 15.8. The van der Waals surface area contributed by atoms with Crippen LogP contribution in [-0.4, -0.2) is 19.5 Å². The summed E-state index contributed by atoms with van der Waals surface area (Å²) < 4.78 is 2.22. The molecule has 0 saturated carbocycles. The molecule has 47 heavy (non-hydrogen) atoms. The summed E-state index contributed by atoms with van der Waals surface area (Å²) in [5.74, 6) is 1.85. The molecule has 0 aliphatic heterocycles. The van der Waals surface area contributed by atoms with Crippen LogP contribution in [0.1, 0.15) is 0 Å². The third-order valence-corrected chi connectivity index (χ3v) is 8.85. The summed E-state index contributed by atoms with van der Waals surface area (Å²) in [6, 6.07) is 59.2. The molecule has 0 aliphatic carbocycles. The first kappa shape index (κ1) is 27.0. The van der Waals surface area contributed by atoms with Crippen molar-refractivity contribution in [1.82, 2.24) is 19.5 Å². The van der Waals surface area contributed by atoms with Gasteiger partial charge in [-0.25, -0.2) is 4.98 Å². The molecule has 0 radical (unpaired) electrons. The number of benzene rings is 7. The molecule has 4 nitrogen and oxygen atoms in total. The Morgan fingerprint density at radius 3 is 1.45 bits per heavy atom. The standard InChI is InChI=1S/C43H28N4/c1-5-15-29(16-6-1)33-25-26-38-37(27-33)40-35-24-14-13-23-34(35)36(30-17-7-2-8-18-30)28-39(40)47(38)43-45-41(31-19-9-3-10-20-31)44-42(46-43)32-21-11-4-12-22-32/h1-28H. The minimum atomic E-state index is 0.583. The molecule has 0 unspecified atom stereocenters. The molecule has 0 saturated heterocycles. The second-order valence-corrected chi connectivity index (χ2v) is 11.7. The number of nitrogens with zero attached hydrogens (tertiary/aromatic N) is 4. The zero-order valence-electron chi connectivity index (χ0n) is 25.5. The Hall–Kier alpha value is -6.39. The van der Waals surface area contributed by atoms with Crippen LogP contribution in [0.3, 0.4) is 0 Å². The summed E-state index contributed by atoms with van der Waals surface area (Å²) in [7, 11) is 0. The maximum atomic E-state index is 5.18. The van der Waals surface area contributed by atoms with Crippen LogP contribution in [0.15, 0.2) is 170 Å². The van der Waals surface area contributed by atoms with Crippen molar-refractivity contribution in [1.29, 1.82) is 0 Å². The number of aromatic nitrogens is 4. The van der Waals surface area contributed by atoms with Gasteiger partial charge in [0.05, 0.1) is 11.0 Å². The maximum absolute atomic E-state index is 5.18. The van der Waals surface area contributed by atoms with E-state index in [4.69, 9.17) is 15.0 Å². The van der Waals surface area contributed by atoms with Crippen molar-refractivity contribution in [2.24, 2.45) is 0 Å². The molecule has 7 aromatic carbocycles. The number of hydrogen-bond donors (Lipinski definition) is 0. The molecule has 0 spiro atoms. The van der Waals surface area contributed by atoms with E-state index in [9.17, 15) is 0 Å². The Labute approximate surface area is 272 Å². The van der Waals surface area contributed by atoms with Crippen LogP contribution in [0.2, 0.25) is 0 Å². The summed E-state index contributed by atoms with van der Waals surface area (Å²) in [4.78, 5) is 15.3. The normalized spacial score (nSPS) is 11.4. The molecule has 9 rings (SSSR count). The maximum Gasteiger partial charge on any atom is 0.238 e. The SMILES string of the molecule is c1ccc(-c2ccc3c(c2)c2c4ccccc4c(-c4ccccc4)cc2n3-c2nc(-c3ccccc3)nc(-c3ccccc3)n2)cc1. The monoisotopic (exact) mass is 600 g/mol. The fraction of sp³-hybridized carbons (Fsp3) is 0. The Bertz CT molecular complexity index is 2480. The summed E-state index contributed by atoms with van der Waals surface area (Å²) in [6.45, 7) is 0. The summed E-state index contributed by atoms with van der Waals surface area (Å²) in [6.07, 6.45) is 0. The van der Waals surface area contributed by atoms with Gasteiger partial charge in [0, 0.05) is 21.9 Å². The highest BCUT2D eigenvalue weighted by Gasteiger charge is 2.21. The van der Waals surface area contributed by atoms with Gasteiger partial charge in [0.2, 0.25) is 5.95 Å². The molecule has 0 amide bonds. The zero-order valence-corrected chi connectivity index (χ0v) is 25.5. The molecule has 0 bridgehead atoms. The van der Waals surface area contributed by atoms with Crippen LogP contribution in [-0.2, 0) is 0 Å². The van der Waals surface area contributed by atoms with Gasteiger partial charge in [0.15, 0.2) is 11.6 Å². The van der Waals surface area contributed by atoms with Gasteiger partial charge >= 0.3 is 0 Å². The fourth-order valence-electron chi connectivity index (χ4n) is 6.66. The Morgan fingerprint density at radius 1 is 0.340 bits per heavy atom. The van der Waals surface area contributed by atoms with Crippen molar-refractivity contribution in [3.8, 4) is 51.0 Å². The van der Waals surface area contributed by atoms with E-state index in [-0.39, 0.29) is 0 Å². The van der Waals surface area contributed by atoms with Crippen molar-refractivity contribution in [3.05, 3.63) is 170 Å². The summed E-state index contributed by atoms with van der Waals surface area (Å²) >= 11 is 0. The largest absolute Gasteiger partial charge is 0.278 e. The van der Waals surface area contributed by atoms with Crippen molar-refractivity contribution >= 4 is 32.6 Å². The highest BCUT2D eigenvalue weighted by molar-refractivity contribution is 6.24. The average molecular weight is 601 g/mol. The Morgan fingerprint density at radius 2 is 0.851 bits per heavy atom. The third-order valence-electron chi connectivity index (χ3n) is 8.85. The number of hydrogen-bond acceptors (Lipinski definition) is 3. The lowest BCUT2D eigenvalue weighted by atomic mass is 9.94. The highest BCUT2D eigenvalue weighted by atomic mass is 15.2. The number of rotatable bonds is 5. The summed E-state index contributed by atoms with van der Waals surface area (Å²) in [5.41, 5.74) is 8.65. The van der Waals surface area contributed by atoms with Crippen molar-refractivity contribution in [3.63, 3.8) is 0 Å². The first-order chi connectivity index (χ1) is 23.3. The van der Waals surface area contributed by atoms with Gasteiger partial charge in [-0.1, -0.05) is 152 Å². The molecule has 220 valence electrons. The highest BCUT2D eigenvalue weighted by Crippen LogP contribution is 2.42. The van der Waals surface area contributed by atoms with Gasteiger partial charge < -0.3 is 0 Å². The molecule has 0 fully saturated rings. The lowest BCUT2D eigenvalue weighted by Crippen LogP contribution is -2.06. The topological polar surface area (TPSA) is 43.6 Å². The van der Waals surface area contributed by atoms with E-state index in [0.29, 0.717) is 17.6 Å². The van der Waals surface area contributed by atoms with Crippen molar-refractivity contribution in [2.75, 3.05) is 0 Å². The lowest BCUT2D eigenvalue weighted by molar-refractivity contribution is 0.954. The molecule has 9 aromatic rings. The first-order valence-corrected chi connectivity index (χ1v) is 15.8. The van der Waals surface area contributed by atoms with Crippen molar-refractivity contribution in [2.45, 2.75) is 0 Å².